The molecule has 0 spiro atoms. The number of aromatic nitrogens is 3. The Labute approximate surface area is 154 Å². The monoisotopic (exact) mass is 371 g/mol. The topological polar surface area (TPSA) is 87.5 Å². The lowest BCUT2D eigenvalue weighted by molar-refractivity contribution is 0.0695. The molecule has 1 aliphatic rings. The van der Waals surface area contributed by atoms with Crippen molar-refractivity contribution in [3.63, 3.8) is 0 Å². The molecule has 0 amide bonds. The van der Waals surface area contributed by atoms with Crippen molar-refractivity contribution in [1.82, 2.24) is 14.6 Å². The van der Waals surface area contributed by atoms with Crippen LogP contribution in [0.25, 0.3) is 16.9 Å². The van der Waals surface area contributed by atoms with Crippen LogP contribution in [0.1, 0.15) is 60.0 Å². The van der Waals surface area contributed by atoms with Gasteiger partial charge in [0.1, 0.15) is 5.52 Å². The highest BCUT2D eigenvalue weighted by molar-refractivity contribution is 6.31. The first-order valence-corrected chi connectivity index (χ1v) is 8.93. The van der Waals surface area contributed by atoms with Crippen LogP contribution in [-0.4, -0.2) is 25.7 Å². The average molecular weight is 372 g/mol. The number of aromatic carboxylic acids is 1. The van der Waals surface area contributed by atoms with Crippen LogP contribution in [0.5, 0.6) is 0 Å². The zero-order chi connectivity index (χ0) is 18.6. The zero-order valence-corrected chi connectivity index (χ0v) is 15.2. The molecule has 6 nitrogen and oxygen atoms in total. The van der Waals surface area contributed by atoms with Crippen LogP contribution in [0.2, 0.25) is 5.02 Å². The summed E-state index contributed by atoms with van der Waals surface area (Å²) in [5.41, 5.74) is 2.34. The van der Waals surface area contributed by atoms with E-state index in [0.29, 0.717) is 17.3 Å². The molecule has 0 atom stereocenters. The number of hydrogen-bond acceptors (Lipinski definition) is 3. The number of fused-ring (bicyclic) bond motifs is 1. The summed E-state index contributed by atoms with van der Waals surface area (Å²) >= 11 is 6.28. The molecule has 7 heteroatoms. The number of carboxylic acid groups (broad SMARTS) is 1. The fraction of sp³-hybridized carbons (Fsp3) is 0.316. The van der Waals surface area contributed by atoms with E-state index in [2.05, 4.69) is 10.1 Å². The largest absolute Gasteiger partial charge is 0.478 e. The van der Waals surface area contributed by atoms with Crippen LogP contribution in [0.4, 0.5) is 0 Å². The third kappa shape index (κ3) is 2.70. The molecule has 3 aromatic rings. The number of hydrogen-bond donors (Lipinski definition) is 2. The van der Waals surface area contributed by atoms with Gasteiger partial charge in [-0.05, 0) is 48.4 Å². The molecule has 134 valence electrons. The first-order chi connectivity index (χ1) is 12.4. The maximum Gasteiger partial charge on any atom is 0.337 e. The molecule has 1 aromatic carbocycles. The Morgan fingerprint density at radius 2 is 2.12 bits per heavy atom. The van der Waals surface area contributed by atoms with Crippen LogP contribution >= 0.6 is 11.6 Å². The Morgan fingerprint density at radius 1 is 1.38 bits per heavy atom. The molecular weight excluding hydrogens is 354 g/mol. The molecule has 2 heterocycles. The lowest BCUT2D eigenvalue weighted by Gasteiger charge is -2.08. The second-order valence-electron chi connectivity index (χ2n) is 7.02. The Kier molecular flexibility index (Phi) is 3.88. The summed E-state index contributed by atoms with van der Waals surface area (Å²) in [5, 5.41) is 14.6. The van der Waals surface area contributed by atoms with Crippen molar-refractivity contribution in [3.05, 3.63) is 56.5 Å². The highest BCUT2D eigenvalue weighted by Crippen LogP contribution is 2.44. The molecule has 0 unspecified atom stereocenters. The molecule has 2 aromatic heterocycles. The van der Waals surface area contributed by atoms with Crippen LogP contribution in [0, 0.1) is 0 Å². The first-order valence-electron chi connectivity index (χ1n) is 8.55. The van der Waals surface area contributed by atoms with Crippen LogP contribution in [0.15, 0.2) is 29.2 Å². The standard InChI is InChI=1S/C19H18ClN3O3/c1-9(2)15-13(19(25)26)8-23-16(15)18(24)21-17(22-23)11-5-6-14(20)12(7-11)10-3-4-10/h5-10H,3-4H2,1-2H3,(H,25,26)(H,21,22,24). The molecule has 0 radical (unpaired) electrons. The van der Waals surface area contributed by atoms with Gasteiger partial charge in [-0.15, -0.1) is 5.10 Å². The zero-order valence-electron chi connectivity index (χ0n) is 14.4. The molecule has 1 saturated carbocycles. The number of nitrogens with zero attached hydrogens (tertiary/aromatic N) is 2. The van der Waals surface area contributed by atoms with E-state index in [4.69, 9.17) is 11.6 Å². The van der Waals surface area contributed by atoms with E-state index >= 15 is 0 Å². The molecule has 0 saturated heterocycles. The van der Waals surface area contributed by atoms with E-state index in [1.807, 2.05) is 32.0 Å². The third-order valence-electron chi connectivity index (χ3n) is 4.77. The number of halogens is 1. The summed E-state index contributed by atoms with van der Waals surface area (Å²) in [4.78, 5) is 27.1. The van der Waals surface area contributed by atoms with Crippen LogP contribution < -0.4 is 5.56 Å². The molecule has 4 rings (SSSR count). The van der Waals surface area contributed by atoms with E-state index in [1.54, 1.807) is 0 Å². The normalized spacial score (nSPS) is 14.3. The highest BCUT2D eigenvalue weighted by atomic mass is 35.5. The van der Waals surface area contributed by atoms with Crippen molar-refractivity contribution in [2.75, 3.05) is 0 Å². The number of carboxylic acids is 1. The van der Waals surface area contributed by atoms with E-state index in [9.17, 15) is 14.7 Å². The fourth-order valence-electron chi connectivity index (χ4n) is 3.40. The summed E-state index contributed by atoms with van der Waals surface area (Å²) in [6, 6.07) is 5.57. The Bertz CT molecular complexity index is 1090. The highest BCUT2D eigenvalue weighted by Gasteiger charge is 2.27. The molecular formula is C19H18ClN3O3. The number of nitrogens with one attached hydrogen (secondary N) is 1. The molecule has 26 heavy (non-hydrogen) atoms. The second kappa shape index (κ2) is 5.99. The van der Waals surface area contributed by atoms with Gasteiger partial charge in [0.15, 0.2) is 5.82 Å². The summed E-state index contributed by atoms with van der Waals surface area (Å²) in [7, 11) is 0. The summed E-state index contributed by atoms with van der Waals surface area (Å²) in [6.45, 7) is 3.71. The lowest BCUT2D eigenvalue weighted by Crippen LogP contribution is -2.15. The van der Waals surface area contributed by atoms with Crippen molar-refractivity contribution < 1.29 is 9.90 Å². The van der Waals surface area contributed by atoms with Gasteiger partial charge in [-0.1, -0.05) is 25.4 Å². The van der Waals surface area contributed by atoms with Gasteiger partial charge in [0, 0.05) is 22.3 Å². The van der Waals surface area contributed by atoms with Gasteiger partial charge in [-0.3, -0.25) is 4.79 Å². The Morgan fingerprint density at radius 3 is 2.73 bits per heavy atom. The predicted molar refractivity (Wildman–Crippen MR) is 99.3 cm³/mol. The maximum atomic E-state index is 12.7. The molecule has 2 N–H and O–H groups in total. The van der Waals surface area contributed by atoms with Crippen molar-refractivity contribution in [2.45, 2.75) is 38.5 Å². The van der Waals surface area contributed by atoms with E-state index in [1.165, 1.54) is 10.7 Å². The number of H-pyrrole nitrogens is 1. The first kappa shape index (κ1) is 16.8. The molecule has 0 bridgehead atoms. The summed E-state index contributed by atoms with van der Waals surface area (Å²) in [6.07, 6.45) is 3.64. The van der Waals surface area contributed by atoms with Gasteiger partial charge in [0.05, 0.1) is 5.56 Å². The van der Waals surface area contributed by atoms with Crippen molar-refractivity contribution in [2.24, 2.45) is 0 Å². The average Bonchev–Trinajstić information content (AvgIpc) is 3.33. The minimum Gasteiger partial charge on any atom is -0.478 e. The van der Waals surface area contributed by atoms with Gasteiger partial charge >= 0.3 is 5.97 Å². The van der Waals surface area contributed by atoms with Crippen LogP contribution in [-0.2, 0) is 0 Å². The Hall–Kier alpha value is -2.60. The summed E-state index contributed by atoms with van der Waals surface area (Å²) < 4.78 is 1.37. The van der Waals surface area contributed by atoms with E-state index < -0.39 is 5.97 Å². The SMILES string of the molecule is CC(C)c1c(C(=O)O)cn2nc(-c3ccc(Cl)c(C4CC4)c3)[nH]c(=O)c12. The van der Waals surface area contributed by atoms with Crippen molar-refractivity contribution in [3.8, 4) is 11.4 Å². The maximum absolute atomic E-state index is 12.7. The number of benzene rings is 1. The van der Waals surface area contributed by atoms with E-state index in [0.717, 1.165) is 29.0 Å². The Balaban J connectivity index is 1.92. The van der Waals surface area contributed by atoms with Gasteiger partial charge in [-0.25, -0.2) is 9.31 Å². The van der Waals surface area contributed by atoms with E-state index in [-0.39, 0.29) is 22.6 Å². The lowest BCUT2D eigenvalue weighted by atomic mass is 10.0. The van der Waals surface area contributed by atoms with Crippen molar-refractivity contribution >= 4 is 23.1 Å². The summed E-state index contributed by atoms with van der Waals surface area (Å²) in [5.74, 6) is -0.321. The second-order valence-corrected chi connectivity index (χ2v) is 7.43. The van der Waals surface area contributed by atoms with Crippen LogP contribution in [0.3, 0.4) is 0 Å². The number of rotatable bonds is 4. The number of carbonyl (C=O) groups is 1. The van der Waals surface area contributed by atoms with Gasteiger partial charge in [0.25, 0.3) is 5.56 Å². The van der Waals surface area contributed by atoms with Gasteiger partial charge in [-0.2, -0.15) is 0 Å². The molecule has 1 aliphatic carbocycles. The van der Waals surface area contributed by atoms with Gasteiger partial charge in [0.2, 0.25) is 0 Å². The van der Waals surface area contributed by atoms with Crippen molar-refractivity contribution in [1.29, 1.82) is 0 Å². The smallest absolute Gasteiger partial charge is 0.337 e. The number of aromatic amines is 1. The predicted octanol–water partition coefficient (Wildman–Crippen LogP) is 4.04. The third-order valence-corrected chi connectivity index (χ3v) is 5.12. The minimum atomic E-state index is -1.07. The van der Waals surface area contributed by atoms with Gasteiger partial charge < -0.3 is 10.1 Å². The minimum absolute atomic E-state index is 0.102. The molecule has 0 aliphatic heterocycles. The quantitative estimate of drug-likeness (QED) is 0.724. The fourth-order valence-corrected chi connectivity index (χ4v) is 3.67. The molecule has 1 fully saturated rings.